The zero-order chi connectivity index (χ0) is 22.7. The fourth-order valence-electron chi connectivity index (χ4n) is 3.32. The lowest BCUT2D eigenvalue weighted by molar-refractivity contribution is 0.628. The second kappa shape index (κ2) is 9.43. The van der Waals surface area contributed by atoms with Crippen molar-refractivity contribution in [2.24, 2.45) is 0 Å². The van der Waals surface area contributed by atoms with E-state index in [2.05, 4.69) is 49.2 Å². The van der Waals surface area contributed by atoms with E-state index in [4.69, 9.17) is 5.73 Å². The van der Waals surface area contributed by atoms with Crippen LogP contribution in [0.4, 0.5) is 22.0 Å². The molecule has 4 rings (SSSR count). The molecular formula is C21H24FN9S. The summed E-state index contributed by atoms with van der Waals surface area (Å²) in [4.78, 5) is 21.8. The number of nitrogen functional groups attached to an aromatic ring is 1. The first-order valence-electron chi connectivity index (χ1n) is 10.3. The van der Waals surface area contributed by atoms with Crippen molar-refractivity contribution in [3.63, 3.8) is 0 Å². The molecule has 4 aromatic rings. The Morgan fingerprint density at radius 1 is 1.06 bits per heavy atom. The highest BCUT2D eigenvalue weighted by Gasteiger charge is 2.14. The highest BCUT2D eigenvalue weighted by Crippen LogP contribution is 2.22. The standard InChI is InChI=1S/C21H24FN9S/c1-4-5-6-16-12(2)24-20-29-21(30-31(20)13(16)3)32-11-17-26-18(23)28-19(27-17)25-15-9-7-14(22)8-10-15/h7-10H,4-6,11H2,1-3H3,(H3,23,25,26,27,28). The van der Waals surface area contributed by atoms with Crippen LogP contribution in [-0.2, 0) is 12.2 Å². The summed E-state index contributed by atoms with van der Waals surface area (Å²) in [5.41, 5.74) is 9.77. The molecule has 0 amide bonds. The summed E-state index contributed by atoms with van der Waals surface area (Å²) in [6.07, 6.45) is 3.22. The first-order chi connectivity index (χ1) is 15.4. The van der Waals surface area contributed by atoms with Gasteiger partial charge in [-0.15, -0.1) is 5.10 Å². The van der Waals surface area contributed by atoms with Crippen LogP contribution >= 0.6 is 11.8 Å². The number of hydrogen-bond acceptors (Lipinski definition) is 9. The van der Waals surface area contributed by atoms with Gasteiger partial charge in [0.05, 0.1) is 5.75 Å². The Kier molecular flexibility index (Phi) is 6.45. The smallest absolute Gasteiger partial charge is 0.253 e. The van der Waals surface area contributed by atoms with E-state index in [1.807, 2.05) is 6.92 Å². The van der Waals surface area contributed by atoms with Gasteiger partial charge in [0, 0.05) is 17.1 Å². The minimum absolute atomic E-state index is 0.0943. The zero-order valence-electron chi connectivity index (χ0n) is 18.1. The number of hydrogen-bond donors (Lipinski definition) is 2. The van der Waals surface area contributed by atoms with E-state index in [-0.39, 0.29) is 17.7 Å². The van der Waals surface area contributed by atoms with E-state index in [0.29, 0.717) is 28.2 Å². The van der Waals surface area contributed by atoms with Gasteiger partial charge in [-0.2, -0.15) is 19.9 Å². The Morgan fingerprint density at radius 3 is 2.59 bits per heavy atom. The van der Waals surface area contributed by atoms with Crippen LogP contribution in [-0.4, -0.2) is 34.5 Å². The molecule has 0 radical (unpaired) electrons. The molecule has 3 N–H and O–H groups in total. The number of benzene rings is 1. The van der Waals surface area contributed by atoms with Crippen molar-refractivity contribution in [1.82, 2.24) is 34.5 Å². The predicted octanol–water partition coefficient (Wildman–Crippen LogP) is 4.03. The topological polar surface area (TPSA) is 120 Å². The molecule has 1 aromatic carbocycles. The first-order valence-corrected chi connectivity index (χ1v) is 11.3. The molecule has 3 heterocycles. The van der Waals surface area contributed by atoms with Crippen LogP contribution < -0.4 is 11.1 Å². The van der Waals surface area contributed by atoms with Crippen LogP contribution in [0.3, 0.4) is 0 Å². The summed E-state index contributed by atoms with van der Waals surface area (Å²) in [5, 5.41) is 8.20. The van der Waals surface area contributed by atoms with Gasteiger partial charge in [0.2, 0.25) is 17.1 Å². The number of halogens is 1. The molecule has 0 fully saturated rings. The van der Waals surface area contributed by atoms with E-state index in [1.54, 1.807) is 16.6 Å². The Hall–Kier alpha value is -3.34. The normalized spacial score (nSPS) is 11.2. The van der Waals surface area contributed by atoms with Crippen molar-refractivity contribution >= 4 is 35.1 Å². The highest BCUT2D eigenvalue weighted by molar-refractivity contribution is 7.98. The summed E-state index contributed by atoms with van der Waals surface area (Å²) in [6.45, 7) is 6.24. The maximum atomic E-state index is 13.1. The molecule has 32 heavy (non-hydrogen) atoms. The molecule has 0 bridgehead atoms. The molecule has 3 aromatic heterocycles. The molecule has 0 saturated heterocycles. The molecule has 9 nitrogen and oxygen atoms in total. The number of thioether (sulfide) groups is 1. The molecular weight excluding hydrogens is 429 g/mol. The second-order valence-corrected chi connectivity index (χ2v) is 8.27. The average Bonchev–Trinajstić information content (AvgIpc) is 3.16. The number of fused-ring (bicyclic) bond motifs is 1. The molecule has 0 saturated carbocycles. The number of nitrogens with two attached hydrogens (primary N) is 1. The molecule has 0 spiro atoms. The van der Waals surface area contributed by atoms with E-state index in [9.17, 15) is 4.39 Å². The number of aromatic nitrogens is 7. The summed E-state index contributed by atoms with van der Waals surface area (Å²) >= 11 is 1.39. The minimum Gasteiger partial charge on any atom is -0.368 e. The number of aryl methyl sites for hydroxylation is 2. The minimum atomic E-state index is -0.319. The monoisotopic (exact) mass is 453 g/mol. The largest absolute Gasteiger partial charge is 0.368 e. The van der Waals surface area contributed by atoms with Crippen LogP contribution in [0, 0.1) is 19.7 Å². The molecule has 166 valence electrons. The molecule has 11 heteroatoms. The Morgan fingerprint density at radius 2 is 1.84 bits per heavy atom. The highest BCUT2D eigenvalue weighted by atomic mass is 32.2. The van der Waals surface area contributed by atoms with Crippen LogP contribution in [0.1, 0.15) is 42.5 Å². The molecule has 0 unspecified atom stereocenters. The van der Waals surface area contributed by atoms with E-state index in [1.165, 1.54) is 29.5 Å². The van der Waals surface area contributed by atoms with Gasteiger partial charge in [-0.05, 0) is 56.5 Å². The van der Waals surface area contributed by atoms with Gasteiger partial charge in [-0.1, -0.05) is 25.1 Å². The third-order valence-corrected chi connectivity index (χ3v) is 5.77. The van der Waals surface area contributed by atoms with E-state index < -0.39 is 0 Å². The first kappa shape index (κ1) is 21.9. The van der Waals surface area contributed by atoms with Gasteiger partial charge in [0.25, 0.3) is 5.78 Å². The Labute approximate surface area is 189 Å². The summed E-state index contributed by atoms with van der Waals surface area (Å²) < 4.78 is 14.9. The quantitative estimate of drug-likeness (QED) is 0.381. The summed E-state index contributed by atoms with van der Waals surface area (Å²) in [6, 6.07) is 5.89. The summed E-state index contributed by atoms with van der Waals surface area (Å²) in [7, 11) is 0. The second-order valence-electron chi connectivity index (χ2n) is 7.32. The Balaban J connectivity index is 1.51. The SMILES string of the molecule is CCCCc1c(C)nc2nc(SCc3nc(N)nc(Nc4ccc(F)cc4)n3)nn2c1C. The van der Waals surface area contributed by atoms with Gasteiger partial charge in [0.15, 0.2) is 0 Å². The van der Waals surface area contributed by atoms with Crippen molar-refractivity contribution in [1.29, 1.82) is 0 Å². The lowest BCUT2D eigenvalue weighted by atomic mass is 10.1. The fourth-order valence-corrected chi connectivity index (χ4v) is 3.99. The van der Waals surface area contributed by atoms with Crippen molar-refractivity contribution in [2.75, 3.05) is 11.1 Å². The van der Waals surface area contributed by atoms with Gasteiger partial charge in [-0.3, -0.25) is 0 Å². The molecule has 0 aliphatic carbocycles. The third kappa shape index (κ3) is 4.93. The van der Waals surface area contributed by atoms with Crippen LogP contribution in [0.2, 0.25) is 0 Å². The fraction of sp³-hybridized carbons (Fsp3) is 0.333. The average molecular weight is 454 g/mol. The van der Waals surface area contributed by atoms with E-state index >= 15 is 0 Å². The zero-order valence-corrected chi connectivity index (χ0v) is 18.9. The number of anilines is 3. The van der Waals surface area contributed by atoms with Gasteiger partial charge in [-0.25, -0.2) is 13.9 Å². The molecule has 0 aliphatic heterocycles. The van der Waals surface area contributed by atoms with Crippen molar-refractivity contribution < 1.29 is 4.39 Å². The molecule has 0 atom stereocenters. The maximum Gasteiger partial charge on any atom is 0.253 e. The van der Waals surface area contributed by atoms with Crippen molar-refractivity contribution in [3.05, 3.63) is 52.9 Å². The van der Waals surface area contributed by atoms with Crippen molar-refractivity contribution in [3.8, 4) is 0 Å². The van der Waals surface area contributed by atoms with Gasteiger partial charge >= 0.3 is 0 Å². The van der Waals surface area contributed by atoms with Gasteiger partial charge in [0.1, 0.15) is 11.6 Å². The van der Waals surface area contributed by atoms with Gasteiger partial charge < -0.3 is 11.1 Å². The number of nitrogens with one attached hydrogen (secondary N) is 1. The van der Waals surface area contributed by atoms with E-state index in [0.717, 1.165) is 30.7 Å². The third-order valence-electron chi connectivity index (χ3n) is 4.94. The molecule has 0 aliphatic rings. The maximum absolute atomic E-state index is 13.1. The summed E-state index contributed by atoms with van der Waals surface area (Å²) in [5.74, 6) is 1.53. The predicted molar refractivity (Wildman–Crippen MR) is 122 cm³/mol. The lowest BCUT2D eigenvalue weighted by Gasteiger charge is -2.09. The Bertz CT molecular complexity index is 1240. The number of rotatable bonds is 8. The van der Waals surface area contributed by atoms with Crippen LogP contribution in [0.25, 0.3) is 5.78 Å². The lowest BCUT2D eigenvalue weighted by Crippen LogP contribution is -2.06. The van der Waals surface area contributed by atoms with Crippen LogP contribution in [0.15, 0.2) is 29.4 Å². The number of unbranched alkanes of at least 4 members (excludes halogenated alkanes) is 1. The van der Waals surface area contributed by atoms with Crippen molar-refractivity contribution in [2.45, 2.75) is 50.9 Å². The van der Waals surface area contributed by atoms with Crippen LogP contribution in [0.5, 0.6) is 0 Å². The number of nitrogens with zero attached hydrogens (tertiary/aromatic N) is 7.